The first kappa shape index (κ1) is 25.0. The number of anilines is 1. The zero-order valence-electron chi connectivity index (χ0n) is 17.7. The van der Waals surface area contributed by atoms with Crippen molar-refractivity contribution in [2.75, 3.05) is 24.2 Å². The summed E-state index contributed by atoms with van der Waals surface area (Å²) in [5.74, 6) is -0.922. The zero-order chi connectivity index (χ0) is 23.3. The number of nitrogens with one attached hydrogen (secondary N) is 1. The fourth-order valence-electron chi connectivity index (χ4n) is 3.04. The van der Waals surface area contributed by atoms with Crippen LogP contribution in [-0.4, -0.2) is 51.0 Å². The van der Waals surface area contributed by atoms with Crippen LogP contribution in [-0.2, 0) is 26.2 Å². The molecule has 2 amide bonds. The lowest BCUT2D eigenvalue weighted by Gasteiger charge is -2.31. The van der Waals surface area contributed by atoms with E-state index in [1.807, 2.05) is 31.2 Å². The number of carbonyl (C=O) groups is 2. The number of nitrogens with zero attached hydrogens (tertiary/aromatic N) is 2. The summed E-state index contributed by atoms with van der Waals surface area (Å²) < 4.78 is 25.9. The Morgan fingerprint density at radius 2 is 1.74 bits per heavy atom. The minimum absolute atomic E-state index is 0.0206. The molecule has 168 valence electrons. The molecule has 2 rings (SSSR count). The second-order valence-electron chi connectivity index (χ2n) is 7.08. The zero-order valence-corrected chi connectivity index (χ0v) is 20.1. The molecule has 0 aliphatic rings. The van der Waals surface area contributed by atoms with Gasteiger partial charge in [-0.3, -0.25) is 13.9 Å². The molecule has 31 heavy (non-hydrogen) atoms. The fourth-order valence-corrected chi connectivity index (χ4v) is 4.34. The number of sulfonamides is 1. The number of likely N-dealkylation sites (N-methyl/N-ethyl adjacent to an activating group) is 1. The smallest absolute Gasteiger partial charge is 0.244 e. The lowest BCUT2D eigenvalue weighted by molar-refractivity contribution is -0.139. The van der Waals surface area contributed by atoms with E-state index in [-0.39, 0.29) is 28.2 Å². The van der Waals surface area contributed by atoms with E-state index >= 15 is 0 Å². The van der Waals surface area contributed by atoms with Crippen LogP contribution in [0, 0.1) is 6.92 Å². The average molecular weight is 486 g/mol. The van der Waals surface area contributed by atoms with Crippen molar-refractivity contribution >= 4 is 50.7 Å². The molecule has 0 aliphatic carbocycles. The predicted molar refractivity (Wildman–Crippen MR) is 124 cm³/mol. The molecule has 1 atom stereocenters. The van der Waals surface area contributed by atoms with E-state index in [0.29, 0.717) is 0 Å². The minimum atomic E-state index is -3.88. The molecule has 7 nitrogen and oxygen atoms in total. The van der Waals surface area contributed by atoms with E-state index in [0.717, 1.165) is 21.7 Å². The standard InChI is InChI=1S/C21H25Cl2N3O4S/c1-14-8-5-6-9-16(14)12-25(15(2)21(28)24-3)19(27)13-26(31(4,29)30)18-11-7-10-17(22)20(18)23/h5-11,15H,12-13H2,1-4H3,(H,24,28)/t15-/m0/s1. The molecule has 0 aliphatic heterocycles. The van der Waals surface area contributed by atoms with Gasteiger partial charge in [0, 0.05) is 13.6 Å². The second-order valence-corrected chi connectivity index (χ2v) is 9.77. The van der Waals surface area contributed by atoms with Crippen LogP contribution in [0.4, 0.5) is 5.69 Å². The van der Waals surface area contributed by atoms with Gasteiger partial charge in [-0.05, 0) is 37.1 Å². The SMILES string of the molecule is CNC(=O)[C@H](C)N(Cc1ccccc1C)C(=O)CN(c1cccc(Cl)c1Cl)S(C)(=O)=O. The summed E-state index contributed by atoms with van der Waals surface area (Å²) in [6.07, 6.45) is 0.978. The maximum atomic E-state index is 13.3. The third kappa shape index (κ3) is 6.12. The van der Waals surface area contributed by atoms with Gasteiger partial charge in [0.05, 0.1) is 22.0 Å². The first-order valence-corrected chi connectivity index (χ1v) is 12.0. The molecule has 1 N–H and O–H groups in total. The predicted octanol–water partition coefficient (Wildman–Crippen LogP) is 3.23. The van der Waals surface area contributed by atoms with Gasteiger partial charge in [-0.25, -0.2) is 8.42 Å². The Morgan fingerprint density at radius 1 is 1.10 bits per heavy atom. The summed E-state index contributed by atoms with van der Waals surface area (Å²) in [7, 11) is -2.40. The number of amides is 2. The molecule has 0 saturated carbocycles. The van der Waals surface area contributed by atoms with Crippen molar-refractivity contribution in [3.05, 3.63) is 63.6 Å². The monoisotopic (exact) mass is 485 g/mol. The maximum Gasteiger partial charge on any atom is 0.244 e. The average Bonchev–Trinajstić information content (AvgIpc) is 2.71. The van der Waals surface area contributed by atoms with Crippen molar-refractivity contribution in [2.24, 2.45) is 0 Å². The number of hydrogen-bond donors (Lipinski definition) is 1. The molecule has 0 saturated heterocycles. The van der Waals surface area contributed by atoms with Gasteiger partial charge in [-0.2, -0.15) is 0 Å². The molecule has 10 heteroatoms. The number of rotatable bonds is 8. The van der Waals surface area contributed by atoms with E-state index in [4.69, 9.17) is 23.2 Å². The van der Waals surface area contributed by atoms with Crippen molar-refractivity contribution in [3.63, 3.8) is 0 Å². The summed E-state index contributed by atoms with van der Waals surface area (Å²) in [5.41, 5.74) is 1.88. The van der Waals surface area contributed by atoms with E-state index < -0.39 is 28.5 Å². The Bertz CT molecular complexity index is 1080. The molecule has 0 aromatic heterocycles. The first-order chi connectivity index (χ1) is 14.5. The van der Waals surface area contributed by atoms with E-state index in [9.17, 15) is 18.0 Å². The summed E-state index contributed by atoms with van der Waals surface area (Å²) in [6.45, 7) is 3.09. The number of halogens is 2. The van der Waals surface area contributed by atoms with Gasteiger partial charge in [0.25, 0.3) is 0 Å². The normalized spacial score (nSPS) is 12.2. The van der Waals surface area contributed by atoms with E-state index in [2.05, 4.69) is 5.32 Å². The lowest BCUT2D eigenvalue weighted by Crippen LogP contribution is -2.50. The van der Waals surface area contributed by atoms with Gasteiger partial charge in [0.1, 0.15) is 12.6 Å². The number of benzene rings is 2. The van der Waals surface area contributed by atoms with Crippen LogP contribution in [0.5, 0.6) is 0 Å². The van der Waals surface area contributed by atoms with Crippen LogP contribution < -0.4 is 9.62 Å². The lowest BCUT2D eigenvalue weighted by atomic mass is 10.1. The molecule has 0 fully saturated rings. The van der Waals surface area contributed by atoms with Crippen molar-refractivity contribution in [2.45, 2.75) is 26.4 Å². The summed E-state index contributed by atoms with van der Waals surface area (Å²) >= 11 is 12.3. The van der Waals surface area contributed by atoms with Crippen molar-refractivity contribution in [1.29, 1.82) is 0 Å². The summed E-state index contributed by atoms with van der Waals surface area (Å²) in [5, 5.41) is 2.71. The van der Waals surface area contributed by atoms with Crippen LogP contribution in [0.3, 0.4) is 0 Å². The topological polar surface area (TPSA) is 86.8 Å². The molecule has 0 radical (unpaired) electrons. The van der Waals surface area contributed by atoms with Crippen LogP contribution in [0.25, 0.3) is 0 Å². The van der Waals surface area contributed by atoms with Crippen LogP contribution >= 0.6 is 23.2 Å². The van der Waals surface area contributed by atoms with E-state index in [1.165, 1.54) is 24.1 Å². The number of aryl methyl sites for hydroxylation is 1. The molecule has 0 bridgehead atoms. The van der Waals surface area contributed by atoms with E-state index in [1.54, 1.807) is 13.0 Å². The van der Waals surface area contributed by atoms with Gasteiger partial charge in [-0.15, -0.1) is 0 Å². The molecule has 0 spiro atoms. The maximum absolute atomic E-state index is 13.3. The minimum Gasteiger partial charge on any atom is -0.357 e. The van der Waals surface area contributed by atoms with Crippen molar-refractivity contribution in [1.82, 2.24) is 10.2 Å². The first-order valence-electron chi connectivity index (χ1n) is 9.44. The van der Waals surface area contributed by atoms with Gasteiger partial charge in [0.2, 0.25) is 21.8 Å². The van der Waals surface area contributed by atoms with Gasteiger partial charge in [-0.1, -0.05) is 53.5 Å². The highest BCUT2D eigenvalue weighted by molar-refractivity contribution is 7.92. The van der Waals surface area contributed by atoms with Gasteiger partial charge < -0.3 is 10.2 Å². The number of hydrogen-bond acceptors (Lipinski definition) is 4. The van der Waals surface area contributed by atoms with Crippen LogP contribution in [0.2, 0.25) is 10.0 Å². The summed E-state index contributed by atoms with van der Waals surface area (Å²) in [6, 6.07) is 11.2. The highest BCUT2D eigenvalue weighted by Gasteiger charge is 2.30. The van der Waals surface area contributed by atoms with Gasteiger partial charge >= 0.3 is 0 Å². The Kier molecular flexibility index (Phi) is 8.34. The van der Waals surface area contributed by atoms with Crippen LogP contribution in [0.1, 0.15) is 18.1 Å². The largest absolute Gasteiger partial charge is 0.357 e. The second kappa shape index (κ2) is 10.3. The molecule has 2 aromatic carbocycles. The van der Waals surface area contributed by atoms with Crippen molar-refractivity contribution < 1.29 is 18.0 Å². The highest BCUT2D eigenvalue weighted by Crippen LogP contribution is 2.33. The quantitative estimate of drug-likeness (QED) is 0.621. The molecule has 0 unspecified atom stereocenters. The Labute approximate surface area is 193 Å². The fraction of sp³-hybridized carbons (Fsp3) is 0.333. The van der Waals surface area contributed by atoms with Gasteiger partial charge in [0.15, 0.2) is 0 Å². The molecular formula is C21H25Cl2N3O4S. The highest BCUT2D eigenvalue weighted by atomic mass is 35.5. The van der Waals surface area contributed by atoms with Crippen LogP contribution in [0.15, 0.2) is 42.5 Å². The molecular weight excluding hydrogens is 461 g/mol. The molecule has 0 heterocycles. The Hall–Kier alpha value is -2.29. The third-order valence-corrected chi connectivity index (χ3v) is 6.83. The Balaban J connectivity index is 2.45. The summed E-state index contributed by atoms with van der Waals surface area (Å²) in [4.78, 5) is 27.0. The molecule has 2 aromatic rings. The Morgan fingerprint density at radius 3 is 2.32 bits per heavy atom. The third-order valence-electron chi connectivity index (χ3n) is 4.89. The van der Waals surface area contributed by atoms with Crippen molar-refractivity contribution in [3.8, 4) is 0 Å². The number of carbonyl (C=O) groups excluding carboxylic acids is 2.